The Hall–Kier alpha value is -2.28. The molecule has 0 atom stereocenters. The summed E-state index contributed by atoms with van der Waals surface area (Å²) in [5, 5.41) is 0. The van der Waals surface area contributed by atoms with Crippen LogP contribution in [0.15, 0.2) is 18.2 Å². The van der Waals surface area contributed by atoms with Crippen molar-refractivity contribution in [2.75, 3.05) is 13.2 Å². The maximum Gasteiger partial charge on any atom is 0.305 e. The van der Waals surface area contributed by atoms with Crippen LogP contribution in [0.4, 0.5) is 0 Å². The van der Waals surface area contributed by atoms with E-state index in [1.54, 1.807) is 0 Å². The van der Waals surface area contributed by atoms with Crippen LogP contribution >= 0.6 is 0 Å². The van der Waals surface area contributed by atoms with Crippen LogP contribution in [0.25, 0.3) is 0 Å². The number of esters is 2. The lowest BCUT2D eigenvalue weighted by Gasteiger charge is -2.08. The van der Waals surface area contributed by atoms with Gasteiger partial charge in [-0.2, -0.15) is 0 Å². The fourth-order valence-electron chi connectivity index (χ4n) is 2.36. The van der Waals surface area contributed by atoms with Gasteiger partial charge in [0, 0.05) is 31.2 Å². The highest BCUT2D eigenvalue weighted by atomic mass is 16.5. The first-order chi connectivity index (χ1) is 11.1. The van der Waals surface area contributed by atoms with E-state index in [0.29, 0.717) is 51.7 Å². The summed E-state index contributed by atoms with van der Waals surface area (Å²) in [5.74, 6) is 5.72. The molecule has 1 aromatic rings. The lowest BCUT2D eigenvalue weighted by atomic mass is 10.0. The topological polar surface area (TPSA) is 52.6 Å². The van der Waals surface area contributed by atoms with Gasteiger partial charge >= 0.3 is 11.9 Å². The van der Waals surface area contributed by atoms with Gasteiger partial charge in [-0.3, -0.25) is 9.59 Å². The van der Waals surface area contributed by atoms with E-state index in [0.717, 1.165) is 16.7 Å². The van der Waals surface area contributed by atoms with E-state index in [2.05, 4.69) is 11.8 Å². The standard InChI is InChI=1S/C19H22O4/c1-15-9-10-16-11-13-23-19(21)8-3-2-7-18(20)22-12-5-4-6-17(16)14-15/h9-10,14H,2-3,5,7-8,11-13H2,1H3. The molecule has 0 radical (unpaired) electrons. The number of hydrogen-bond acceptors (Lipinski definition) is 4. The van der Waals surface area contributed by atoms with E-state index in [4.69, 9.17) is 9.47 Å². The molecular weight excluding hydrogens is 292 g/mol. The predicted octanol–water partition coefficient (Wildman–Crippen LogP) is 2.94. The highest BCUT2D eigenvalue weighted by Crippen LogP contribution is 2.12. The van der Waals surface area contributed by atoms with Crippen molar-refractivity contribution >= 4 is 11.9 Å². The van der Waals surface area contributed by atoms with Gasteiger partial charge in [0.2, 0.25) is 0 Å². The number of benzene rings is 1. The average molecular weight is 314 g/mol. The number of ether oxygens (including phenoxy) is 2. The van der Waals surface area contributed by atoms with Crippen molar-refractivity contribution in [2.45, 2.75) is 45.4 Å². The molecule has 1 aliphatic rings. The summed E-state index contributed by atoms with van der Waals surface area (Å²) in [6.45, 7) is 2.69. The third kappa shape index (κ3) is 6.15. The van der Waals surface area contributed by atoms with Gasteiger partial charge in [0.25, 0.3) is 0 Å². The molecule has 4 heteroatoms. The lowest BCUT2D eigenvalue weighted by Crippen LogP contribution is -2.09. The van der Waals surface area contributed by atoms with E-state index in [1.165, 1.54) is 0 Å². The summed E-state index contributed by atoms with van der Waals surface area (Å²) in [7, 11) is 0. The fourth-order valence-corrected chi connectivity index (χ4v) is 2.36. The third-order valence-electron chi connectivity index (χ3n) is 3.62. The number of hydrogen-bond donors (Lipinski definition) is 0. The van der Waals surface area contributed by atoms with Crippen molar-refractivity contribution in [3.05, 3.63) is 34.9 Å². The van der Waals surface area contributed by atoms with Gasteiger partial charge in [-0.1, -0.05) is 24.0 Å². The molecule has 1 aromatic carbocycles. The quantitative estimate of drug-likeness (QED) is 0.546. The van der Waals surface area contributed by atoms with E-state index in [1.807, 2.05) is 25.1 Å². The second-order valence-electron chi connectivity index (χ2n) is 5.61. The number of rotatable bonds is 0. The number of fused-ring (bicyclic) bond motifs is 1. The molecule has 1 heterocycles. The van der Waals surface area contributed by atoms with Gasteiger partial charge in [0.1, 0.15) is 6.61 Å². The largest absolute Gasteiger partial charge is 0.465 e. The number of aryl methyl sites for hydroxylation is 1. The Morgan fingerprint density at radius 3 is 2.39 bits per heavy atom. The molecular formula is C19H22O4. The van der Waals surface area contributed by atoms with E-state index in [-0.39, 0.29) is 11.9 Å². The van der Waals surface area contributed by atoms with Crippen molar-refractivity contribution in [3.63, 3.8) is 0 Å². The van der Waals surface area contributed by atoms with Crippen molar-refractivity contribution in [1.82, 2.24) is 0 Å². The van der Waals surface area contributed by atoms with Crippen LogP contribution in [-0.4, -0.2) is 25.2 Å². The van der Waals surface area contributed by atoms with E-state index >= 15 is 0 Å². The SMILES string of the molecule is Cc1ccc2c(c1)C#CCCOC(=O)CCCCC(=O)OCC2. The van der Waals surface area contributed by atoms with Crippen LogP contribution in [0.3, 0.4) is 0 Å². The molecule has 0 N–H and O–H groups in total. The Bertz CT molecular complexity index is 622. The normalized spacial score (nSPS) is 17.3. The van der Waals surface area contributed by atoms with Gasteiger partial charge in [-0.15, -0.1) is 0 Å². The molecule has 4 nitrogen and oxygen atoms in total. The Morgan fingerprint density at radius 2 is 1.65 bits per heavy atom. The summed E-state index contributed by atoms with van der Waals surface area (Å²) in [6.07, 6.45) is 3.14. The fraction of sp³-hybridized carbons (Fsp3) is 0.474. The van der Waals surface area contributed by atoms with Crippen LogP contribution in [0.5, 0.6) is 0 Å². The maximum absolute atomic E-state index is 11.7. The van der Waals surface area contributed by atoms with Gasteiger partial charge in [0.15, 0.2) is 0 Å². The summed E-state index contributed by atoms with van der Waals surface area (Å²) < 4.78 is 10.4. The molecule has 0 aromatic heterocycles. The molecule has 0 fully saturated rings. The zero-order valence-electron chi connectivity index (χ0n) is 13.5. The molecule has 23 heavy (non-hydrogen) atoms. The Morgan fingerprint density at radius 1 is 0.957 bits per heavy atom. The Kier molecular flexibility index (Phi) is 6.68. The summed E-state index contributed by atoms with van der Waals surface area (Å²) in [6, 6.07) is 6.08. The zero-order valence-corrected chi connectivity index (χ0v) is 13.5. The monoisotopic (exact) mass is 314 g/mol. The minimum atomic E-state index is -0.233. The van der Waals surface area contributed by atoms with E-state index < -0.39 is 0 Å². The minimum absolute atomic E-state index is 0.217. The molecule has 0 bridgehead atoms. The smallest absolute Gasteiger partial charge is 0.305 e. The Labute approximate surface area is 137 Å². The molecule has 122 valence electrons. The number of carbonyl (C=O) groups is 2. The van der Waals surface area contributed by atoms with Crippen LogP contribution in [-0.2, 0) is 25.5 Å². The van der Waals surface area contributed by atoms with Crippen LogP contribution in [0.1, 0.15) is 48.8 Å². The second-order valence-corrected chi connectivity index (χ2v) is 5.61. The zero-order chi connectivity index (χ0) is 16.5. The van der Waals surface area contributed by atoms with Crippen LogP contribution in [0, 0.1) is 18.8 Å². The molecule has 0 spiro atoms. The van der Waals surface area contributed by atoms with Crippen LogP contribution in [0.2, 0.25) is 0 Å². The van der Waals surface area contributed by atoms with Crippen molar-refractivity contribution < 1.29 is 19.1 Å². The molecule has 0 saturated carbocycles. The minimum Gasteiger partial charge on any atom is -0.465 e. The molecule has 1 aliphatic heterocycles. The molecule has 0 saturated heterocycles. The summed E-state index contributed by atoms with van der Waals surface area (Å²) in [5.41, 5.74) is 3.15. The second kappa shape index (κ2) is 8.99. The van der Waals surface area contributed by atoms with E-state index in [9.17, 15) is 9.59 Å². The molecule has 2 rings (SSSR count). The predicted molar refractivity (Wildman–Crippen MR) is 86.8 cm³/mol. The maximum atomic E-state index is 11.7. The lowest BCUT2D eigenvalue weighted by molar-refractivity contribution is -0.145. The first kappa shape index (κ1) is 17.1. The summed E-state index contributed by atoms with van der Waals surface area (Å²) in [4.78, 5) is 23.2. The van der Waals surface area contributed by atoms with Gasteiger partial charge < -0.3 is 9.47 Å². The van der Waals surface area contributed by atoms with Crippen LogP contribution < -0.4 is 0 Å². The van der Waals surface area contributed by atoms with Gasteiger partial charge in [-0.25, -0.2) is 0 Å². The number of cyclic esters (lactones) is 2. The third-order valence-corrected chi connectivity index (χ3v) is 3.62. The Balaban J connectivity index is 2.09. The first-order valence-corrected chi connectivity index (χ1v) is 8.05. The first-order valence-electron chi connectivity index (χ1n) is 8.05. The summed E-state index contributed by atoms with van der Waals surface area (Å²) >= 11 is 0. The van der Waals surface area contributed by atoms with Crippen molar-refractivity contribution in [3.8, 4) is 11.8 Å². The molecule has 0 aliphatic carbocycles. The highest BCUT2D eigenvalue weighted by Gasteiger charge is 2.08. The van der Waals surface area contributed by atoms with Gasteiger partial charge in [0.05, 0.1) is 6.61 Å². The highest BCUT2D eigenvalue weighted by molar-refractivity contribution is 5.70. The average Bonchev–Trinajstić information content (AvgIpc) is 2.52. The van der Waals surface area contributed by atoms with Gasteiger partial charge in [-0.05, 0) is 37.0 Å². The molecule has 0 unspecified atom stereocenters. The van der Waals surface area contributed by atoms with Crippen molar-refractivity contribution in [2.24, 2.45) is 0 Å². The van der Waals surface area contributed by atoms with Crippen molar-refractivity contribution in [1.29, 1.82) is 0 Å². The molecule has 0 amide bonds. The number of carbonyl (C=O) groups excluding carboxylic acids is 2.